The van der Waals surface area contributed by atoms with Crippen molar-refractivity contribution in [3.63, 3.8) is 0 Å². The second kappa shape index (κ2) is 12.5. The van der Waals surface area contributed by atoms with Gasteiger partial charge in [-0.05, 0) is 86.0 Å². The Morgan fingerprint density at radius 1 is 0.943 bits per heavy atom. The van der Waals surface area contributed by atoms with Crippen LogP contribution in [-0.4, -0.2) is 41.1 Å². The minimum absolute atomic E-state index is 0.0524. The molecule has 0 radical (unpaired) electrons. The number of hydrogen-bond donors (Lipinski definition) is 1. The predicted molar refractivity (Wildman–Crippen MR) is 138 cm³/mol. The van der Waals surface area contributed by atoms with Crippen LogP contribution in [0.25, 0.3) is 0 Å². The molecule has 9 heteroatoms. The molecule has 3 aromatic carbocycles. The zero-order valence-electron chi connectivity index (χ0n) is 19.7. The molecular weight excluding hydrogens is 488 g/mol. The summed E-state index contributed by atoms with van der Waals surface area (Å²) in [4.78, 5) is 12.8. The Morgan fingerprint density at radius 2 is 1.57 bits per heavy atom. The summed E-state index contributed by atoms with van der Waals surface area (Å²) in [5.74, 6) is 0.959. The van der Waals surface area contributed by atoms with Crippen molar-refractivity contribution in [2.24, 2.45) is 0 Å². The van der Waals surface area contributed by atoms with E-state index in [1.54, 1.807) is 36.4 Å². The van der Waals surface area contributed by atoms with Gasteiger partial charge in [-0.25, -0.2) is 8.42 Å². The molecule has 0 aliphatic heterocycles. The van der Waals surface area contributed by atoms with Gasteiger partial charge >= 0.3 is 0 Å². The third-order valence-corrected chi connectivity index (χ3v) is 7.29. The molecule has 0 aromatic heterocycles. The van der Waals surface area contributed by atoms with Gasteiger partial charge in [0.15, 0.2) is 0 Å². The SMILES string of the molecule is CCOc1ccc(CCCNC(=O)CN(c2ccc(Cl)cc2)S(=O)(=O)c2ccc(OC)cc2)cc1. The summed E-state index contributed by atoms with van der Waals surface area (Å²) in [6, 6.07) is 20.2. The molecule has 0 saturated heterocycles. The number of carbonyl (C=O) groups excluding carboxylic acids is 1. The van der Waals surface area contributed by atoms with E-state index in [1.165, 1.54) is 19.2 Å². The highest BCUT2D eigenvalue weighted by Gasteiger charge is 2.27. The fraction of sp³-hybridized carbons (Fsp3) is 0.269. The first-order chi connectivity index (χ1) is 16.8. The largest absolute Gasteiger partial charge is 0.497 e. The van der Waals surface area contributed by atoms with Crippen molar-refractivity contribution in [2.45, 2.75) is 24.7 Å². The lowest BCUT2D eigenvalue weighted by molar-refractivity contribution is -0.119. The highest BCUT2D eigenvalue weighted by Crippen LogP contribution is 2.26. The molecule has 186 valence electrons. The van der Waals surface area contributed by atoms with E-state index in [-0.39, 0.29) is 11.4 Å². The number of ether oxygens (including phenoxy) is 2. The minimum Gasteiger partial charge on any atom is -0.497 e. The second-order valence-electron chi connectivity index (χ2n) is 7.69. The average molecular weight is 517 g/mol. The number of nitrogens with zero attached hydrogens (tertiary/aromatic N) is 1. The number of halogens is 1. The number of nitrogens with one attached hydrogen (secondary N) is 1. The monoisotopic (exact) mass is 516 g/mol. The van der Waals surface area contributed by atoms with Crippen molar-refractivity contribution < 1.29 is 22.7 Å². The fourth-order valence-electron chi connectivity index (χ4n) is 3.42. The van der Waals surface area contributed by atoms with E-state index in [0.717, 1.165) is 22.0 Å². The molecule has 0 aliphatic carbocycles. The van der Waals surface area contributed by atoms with Gasteiger partial charge in [-0.15, -0.1) is 0 Å². The number of anilines is 1. The predicted octanol–water partition coefficient (Wildman–Crippen LogP) is 4.69. The third-order valence-electron chi connectivity index (χ3n) is 5.25. The Hall–Kier alpha value is -3.23. The lowest BCUT2D eigenvalue weighted by Gasteiger charge is -2.24. The van der Waals surface area contributed by atoms with Gasteiger partial charge in [0.2, 0.25) is 5.91 Å². The maximum absolute atomic E-state index is 13.4. The quantitative estimate of drug-likeness (QED) is 0.353. The van der Waals surface area contributed by atoms with Crippen molar-refractivity contribution in [1.29, 1.82) is 0 Å². The van der Waals surface area contributed by atoms with Crippen molar-refractivity contribution in [1.82, 2.24) is 5.32 Å². The topological polar surface area (TPSA) is 84.9 Å². The molecule has 0 atom stereocenters. The molecule has 0 saturated carbocycles. The van der Waals surface area contributed by atoms with Crippen LogP contribution in [0.5, 0.6) is 11.5 Å². The summed E-state index contributed by atoms with van der Waals surface area (Å²) in [6.07, 6.45) is 1.49. The Bertz CT molecular complexity index is 1200. The first-order valence-corrected chi connectivity index (χ1v) is 13.1. The molecule has 0 unspecified atom stereocenters. The number of rotatable bonds is 12. The van der Waals surface area contributed by atoms with Crippen LogP contribution in [-0.2, 0) is 21.2 Å². The van der Waals surface area contributed by atoms with Gasteiger partial charge in [0.1, 0.15) is 18.0 Å². The van der Waals surface area contributed by atoms with E-state index in [0.29, 0.717) is 36.0 Å². The zero-order chi connectivity index (χ0) is 25.3. The number of hydrogen-bond acceptors (Lipinski definition) is 5. The van der Waals surface area contributed by atoms with E-state index < -0.39 is 15.9 Å². The minimum atomic E-state index is -4.01. The van der Waals surface area contributed by atoms with Gasteiger partial charge in [-0.3, -0.25) is 9.10 Å². The maximum Gasteiger partial charge on any atom is 0.264 e. The highest BCUT2D eigenvalue weighted by atomic mass is 35.5. The van der Waals surface area contributed by atoms with Gasteiger partial charge in [0.05, 0.1) is 24.3 Å². The smallest absolute Gasteiger partial charge is 0.264 e. The van der Waals surface area contributed by atoms with Crippen LogP contribution in [0.4, 0.5) is 5.69 Å². The van der Waals surface area contributed by atoms with E-state index in [9.17, 15) is 13.2 Å². The van der Waals surface area contributed by atoms with E-state index >= 15 is 0 Å². The van der Waals surface area contributed by atoms with Gasteiger partial charge in [0, 0.05) is 11.6 Å². The third kappa shape index (κ3) is 7.37. The summed E-state index contributed by atoms with van der Waals surface area (Å²) >= 11 is 5.98. The Kier molecular flexibility index (Phi) is 9.39. The van der Waals surface area contributed by atoms with Gasteiger partial charge < -0.3 is 14.8 Å². The maximum atomic E-state index is 13.4. The van der Waals surface area contributed by atoms with Crippen LogP contribution < -0.4 is 19.1 Å². The number of sulfonamides is 1. The zero-order valence-corrected chi connectivity index (χ0v) is 21.3. The highest BCUT2D eigenvalue weighted by molar-refractivity contribution is 7.92. The number of aryl methyl sites for hydroxylation is 1. The lowest BCUT2D eigenvalue weighted by atomic mass is 10.1. The summed E-state index contributed by atoms with van der Waals surface area (Å²) in [7, 11) is -2.50. The van der Waals surface area contributed by atoms with Crippen LogP contribution >= 0.6 is 11.6 Å². The van der Waals surface area contributed by atoms with E-state index in [1.807, 2.05) is 31.2 Å². The number of methoxy groups -OCH3 is 1. The Labute approximate surface area is 211 Å². The summed E-state index contributed by atoms with van der Waals surface area (Å²) < 4.78 is 38.4. The molecule has 0 fully saturated rings. The van der Waals surface area contributed by atoms with Gasteiger partial charge in [-0.1, -0.05) is 23.7 Å². The van der Waals surface area contributed by atoms with Crippen LogP contribution in [0.3, 0.4) is 0 Å². The van der Waals surface area contributed by atoms with Gasteiger partial charge in [0.25, 0.3) is 10.0 Å². The van der Waals surface area contributed by atoms with Crippen LogP contribution in [0.2, 0.25) is 5.02 Å². The first kappa shape index (κ1) is 26.4. The molecule has 3 rings (SSSR count). The standard InChI is InChI=1S/C26H29ClN2O5S/c1-3-34-24-12-6-20(7-13-24)5-4-18-28-26(30)19-29(22-10-8-21(27)9-11-22)35(31,32)25-16-14-23(33-2)15-17-25/h6-17H,3-5,18-19H2,1-2H3,(H,28,30). The van der Waals surface area contributed by atoms with Crippen LogP contribution in [0, 0.1) is 0 Å². The molecule has 0 spiro atoms. The Morgan fingerprint density at radius 3 is 2.17 bits per heavy atom. The molecule has 3 aromatic rings. The van der Waals surface area contributed by atoms with Crippen molar-refractivity contribution in [3.05, 3.63) is 83.4 Å². The summed E-state index contributed by atoms with van der Waals surface area (Å²) in [6.45, 7) is 2.61. The normalized spacial score (nSPS) is 11.1. The molecular formula is C26H29ClN2O5S. The number of benzene rings is 3. The Balaban J connectivity index is 1.65. The molecule has 1 amide bonds. The molecule has 0 bridgehead atoms. The molecule has 0 aliphatic rings. The second-order valence-corrected chi connectivity index (χ2v) is 9.99. The van der Waals surface area contributed by atoms with Crippen molar-refractivity contribution in [2.75, 3.05) is 31.1 Å². The number of carbonyl (C=O) groups is 1. The summed E-state index contributed by atoms with van der Waals surface area (Å²) in [5, 5.41) is 3.29. The van der Waals surface area contributed by atoms with Crippen molar-refractivity contribution >= 4 is 33.2 Å². The fourth-order valence-corrected chi connectivity index (χ4v) is 4.97. The summed E-state index contributed by atoms with van der Waals surface area (Å²) in [5.41, 5.74) is 1.47. The van der Waals surface area contributed by atoms with Gasteiger partial charge in [-0.2, -0.15) is 0 Å². The van der Waals surface area contributed by atoms with Crippen LogP contribution in [0.1, 0.15) is 18.9 Å². The van der Waals surface area contributed by atoms with Crippen LogP contribution in [0.15, 0.2) is 77.7 Å². The molecule has 35 heavy (non-hydrogen) atoms. The van der Waals surface area contributed by atoms with E-state index in [4.69, 9.17) is 21.1 Å². The molecule has 7 nitrogen and oxygen atoms in total. The molecule has 1 N–H and O–H groups in total. The van der Waals surface area contributed by atoms with E-state index in [2.05, 4.69) is 5.32 Å². The molecule has 0 heterocycles. The van der Waals surface area contributed by atoms with Crippen molar-refractivity contribution in [3.8, 4) is 11.5 Å². The lowest BCUT2D eigenvalue weighted by Crippen LogP contribution is -2.41. The average Bonchev–Trinajstić information content (AvgIpc) is 2.87. The number of amides is 1. The first-order valence-electron chi connectivity index (χ1n) is 11.2.